The highest BCUT2D eigenvalue weighted by Gasteiger charge is 2.34. The molecule has 0 spiro atoms. The highest BCUT2D eigenvalue weighted by molar-refractivity contribution is 5.53. The van der Waals surface area contributed by atoms with E-state index >= 15 is 0 Å². The number of rotatable bonds is 2. The molecule has 0 amide bonds. The summed E-state index contributed by atoms with van der Waals surface area (Å²) in [7, 11) is 0. The third kappa shape index (κ3) is 3.40. The van der Waals surface area contributed by atoms with Crippen molar-refractivity contribution in [1.29, 1.82) is 5.26 Å². The first-order valence-electron chi connectivity index (χ1n) is 6.38. The zero-order chi connectivity index (χ0) is 13.9. The number of anilines is 1. The molecule has 0 saturated heterocycles. The molecule has 0 bridgehead atoms. The van der Waals surface area contributed by atoms with E-state index in [1.165, 1.54) is 12.5 Å². The molecule has 1 fully saturated rings. The molecule has 102 valence electrons. The second-order valence-corrected chi connectivity index (χ2v) is 4.85. The van der Waals surface area contributed by atoms with Gasteiger partial charge in [-0.3, -0.25) is 0 Å². The molecule has 1 N–H and O–H groups in total. The second kappa shape index (κ2) is 5.52. The Morgan fingerprint density at radius 2 is 1.84 bits per heavy atom. The first kappa shape index (κ1) is 13.7. The smallest absolute Gasteiger partial charge is 0.382 e. The summed E-state index contributed by atoms with van der Waals surface area (Å²) in [4.78, 5) is 0. The molecule has 2 nitrogen and oxygen atoms in total. The molecule has 0 aromatic heterocycles. The summed E-state index contributed by atoms with van der Waals surface area (Å²) in [5, 5.41) is 11.9. The van der Waals surface area contributed by atoms with Crippen molar-refractivity contribution in [2.24, 2.45) is 0 Å². The molecule has 0 unspecified atom stereocenters. The van der Waals surface area contributed by atoms with Gasteiger partial charge in [0.15, 0.2) is 0 Å². The first-order chi connectivity index (χ1) is 9.00. The van der Waals surface area contributed by atoms with Gasteiger partial charge in [-0.25, -0.2) is 0 Å². The second-order valence-electron chi connectivity index (χ2n) is 4.85. The molecular weight excluding hydrogens is 253 g/mol. The number of hydrogen-bond acceptors (Lipinski definition) is 2. The minimum atomic E-state index is -4.49. The van der Waals surface area contributed by atoms with Crippen LogP contribution in [0.2, 0.25) is 0 Å². The van der Waals surface area contributed by atoms with Crippen LogP contribution < -0.4 is 5.32 Å². The quantitative estimate of drug-likeness (QED) is 0.867. The van der Waals surface area contributed by atoms with E-state index in [2.05, 4.69) is 5.32 Å². The lowest BCUT2D eigenvalue weighted by Gasteiger charge is -2.24. The molecular formula is C14H15F3N2. The van der Waals surface area contributed by atoms with Crippen LogP contribution in [0.1, 0.15) is 43.2 Å². The van der Waals surface area contributed by atoms with E-state index in [1.54, 1.807) is 12.1 Å². The maximum Gasteiger partial charge on any atom is 0.417 e. The van der Waals surface area contributed by atoms with Crippen molar-refractivity contribution >= 4 is 5.69 Å². The molecule has 1 aliphatic carbocycles. The minimum Gasteiger partial charge on any atom is -0.382 e. The van der Waals surface area contributed by atoms with Crippen molar-refractivity contribution in [2.75, 3.05) is 5.32 Å². The summed E-state index contributed by atoms with van der Waals surface area (Å²) in [6.07, 6.45) is 0.900. The van der Waals surface area contributed by atoms with Crippen LogP contribution in [0, 0.1) is 11.3 Å². The van der Waals surface area contributed by atoms with Crippen molar-refractivity contribution in [3.05, 3.63) is 29.3 Å². The lowest BCUT2D eigenvalue weighted by atomic mass is 9.95. The van der Waals surface area contributed by atoms with Crippen molar-refractivity contribution in [2.45, 2.75) is 44.3 Å². The predicted molar refractivity (Wildman–Crippen MR) is 66.7 cm³/mol. The fourth-order valence-electron chi connectivity index (χ4n) is 2.45. The van der Waals surface area contributed by atoms with Crippen LogP contribution in [0.25, 0.3) is 0 Å². The van der Waals surface area contributed by atoms with Gasteiger partial charge < -0.3 is 5.32 Å². The Balaban J connectivity index is 2.20. The Hall–Kier alpha value is -1.70. The van der Waals surface area contributed by atoms with Crippen LogP contribution in [0.15, 0.2) is 18.2 Å². The molecule has 0 atom stereocenters. The van der Waals surface area contributed by atoms with Gasteiger partial charge >= 0.3 is 6.18 Å². The summed E-state index contributed by atoms with van der Waals surface area (Å²) in [6, 6.07) is 5.63. The Labute approximate surface area is 110 Å². The molecule has 0 heterocycles. The third-order valence-corrected chi connectivity index (χ3v) is 3.42. The number of alkyl halides is 3. The van der Waals surface area contributed by atoms with E-state index in [9.17, 15) is 13.2 Å². The number of halogens is 3. The van der Waals surface area contributed by atoms with Crippen LogP contribution >= 0.6 is 0 Å². The van der Waals surface area contributed by atoms with Crippen LogP contribution in [0.5, 0.6) is 0 Å². The molecule has 1 aromatic rings. The Morgan fingerprint density at radius 3 is 2.42 bits per heavy atom. The fraction of sp³-hybridized carbons (Fsp3) is 0.500. The highest BCUT2D eigenvalue weighted by atomic mass is 19.4. The van der Waals surface area contributed by atoms with Gasteiger partial charge in [0.2, 0.25) is 0 Å². The lowest BCUT2D eigenvalue weighted by Crippen LogP contribution is -2.22. The van der Waals surface area contributed by atoms with Crippen LogP contribution in [0.4, 0.5) is 18.9 Å². The largest absolute Gasteiger partial charge is 0.417 e. The van der Waals surface area contributed by atoms with E-state index in [-0.39, 0.29) is 11.6 Å². The zero-order valence-electron chi connectivity index (χ0n) is 10.4. The van der Waals surface area contributed by atoms with Crippen molar-refractivity contribution < 1.29 is 13.2 Å². The molecule has 1 aliphatic rings. The van der Waals surface area contributed by atoms with E-state index in [1.807, 2.05) is 0 Å². The van der Waals surface area contributed by atoms with Gasteiger partial charge in [-0.1, -0.05) is 19.3 Å². The number of nitrogens with zero attached hydrogens (tertiary/aromatic N) is 1. The van der Waals surface area contributed by atoms with Gasteiger partial charge in [-0.15, -0.1) is 0 Å². The summed E-state index contributed by atoms with van der Waals surface area (Å²) >= 11 is 0. The van der Waals surface area contributed by atoms with E-state index in [4.69, 9.17) is 5.26 Å². The van der Waals surface area contributed by atoms with Crippen LogP contribution in [0.3, 0.4) is 0 Å². The number of hydrogen-bond donors (Lipinski definition) is 1. The van der Waals surface area contributed by atoms with Gasteiger partial charge in [0.1, 0.15) is 0 Å². The van der Waals surface area contributed by atoms with Crippen molar-refractivity contribution in [1.82, 2.24) is 0 Å². The maximum atomic E-state index is 12.8. The van der Waals surface area contributed by atoms with E-state index < -0.39 is 11.7 Å². The lowest BCUT2D eigenvalue weighted by molar-refractivity contribution is -0.137. The van der Waals surface area contributed by atoms with Crippen molar-refractivity contribution in [3.63, 3.8) is 0 Å². The summed E-state index contributed by atoms with van der Waals surface area (Å²) in [6.45, 7) is 0. The number of benzene rings is 1. The third-order valence-electron chi connectivity index (χ3n) is 3.42. The summed E-state index contributed by atoms with van der Waals surface area (Å²) < 4.78 is 38.4. The summed E-state index contributed by atoms with van der Waals surface area (Å²) in [5.74, 6) is 0. The van der Waals surface area contributed by atoms with E-state index in [0.29, 0.717) is 5.69 Å². The molecule has 1 saturated carbocycles. The standard InChI is InChI=1S/C14H15F3N2/c15-14(16,17)13-8-12(7-6-10(13)9-18)19-11-4-2-1-3-5-11/h6-8,11,19H,1-5H2. The molecule has 19 heavy (non-hydrogen) atoms. The molecule has 1 aromatic carbocycles. The number of nitrogens with one attached hydrogen (secondary N) is 1. The van der Waals surface area contributed by atoms with Gasteiger partial charge in [0.25, 0.3) is 0 Å². The van der Waals surface area contributed by atoms with Gasteiger partial charge in [-0.05, 0) is 31.0 Å². The predicted octanol–water partition coefficient (Wildman–Crippen LogP) is 4.32. The van der Waals surface area contributed by atoms with Crippen LogP contribution in [-0.4, -0.2) is 6.04 Å². The monoisotopic (exact) mass is 268 g/mol. The Bertz CT molecular complexity index is 482. The fourth-order valence-corrected chi connectivity index (χ4v) is 2.45. The Kier molecular flexibility index (Phi) is 3.98. The first-order valence-corrected chi connectivity index (χ1v) is 6.38. The van der Waals surface area contributed by atoms with Gasteiger partial charge in [0.05, 0.1) is 17.2 Å². The molecule has 5 heteroatoms. The minimum absolute atomic E-state index is 0.239. The topological polar surface area (TPSA) is 35.8 Å². The van der Waals surface area contributed by atoms with E-state index in [0.717, 1.165) is 31.7 Å². The molecule has 0 aliphatic heterocycles. The Morgan fingerprint density at radius 1 is 1.16 bits per heavy atom. The average molecular weight is 268 g/mol. The van der Waals surface area contributed by atoms with Crippen molar-refractivity contribution in [3.8, 4) is 6.07 Å². The zero-order valence-corrected chi connectivity index (χ0v) is 10.4. The SMILES string of the molecule is N#Cc1ccc(NC2CCCCC2)cc1C(F)(F)F. The van der Waals surface area contributed by atoms with Gasteiger partial charge in [-0.2, -0.15) is 18.4 Å². The number of nitriles is 1. The van der Waals surface area contributed by atoms with Gasteiger partial charge in [0, 0.05) is 11.7 Å². The molecule has 2 rings (SSSR count). The normalized spacial score (nSPS) is 16.9. The highest BCUT2D eigenvalue weighted by Crippen LogP contribution is 2.34. The van der Waals surface area contributed by atoms with Crippen LogP contribution in [-0.2, 0) is 6.18 Å². The summed E-state index contributed by atoms with van der Waals surface area (Å²) in [5.41, 5.74) is -0.754. The maximum absolute atomic E-state index is 12.8. The molecule has 0 radical (unpaired) electrons. The average Bonchev–Trinajstić information content (AvgIpc) is 2.39.